The molecule has 0 radical (unpaired) electrons. The third-order valence-electron chi connectivity index (χ3n) is 4.44. The Morgan fingerprint density at radius 1 is 1.32 bits per heavy atom. The summed E-state index contributed by atoms with van der Waals surface area (Å²) >= 11 is 12.1. The van der Waals surface area contributed by atoms with Gasteiger partial charge in [-0.25, -0.2) is 4.68 Å². The number of benzene rings is 1. The molecule has 1 aromatic heterocycles. The number of rotatable bonds is 5. The number of carboxylic acids is 1. The summed E-state index contributed by atoms with van der Waals surface area (Å²) in [4.78, 5) is 23.6. The molecule has 0 bridgehead atoms. The molecule has 0 atom stereocenters. The molecule has 1 fully saturated rings. The average molecular weight is 382 g/mol. The number of halogens is 2. The van der Waals surface area contributed by atoms with E-state index in [0.717, 1.165) is 12.1 Å². The first kappa shape index (κ1) is 17.8. The van der Waals surface area contributed by atoms with Crippen LogP contribution in [0.5, 0.6) is 0 Å². The standard InChI is InChI=1S/C17H17Cl2N3O3/c1-10-7-13(16(25)20-17(5-2-6-17)9-15(23)24)21-22(10)14-4-3-11(18)8-12(14)19/h3-4,7-8H,2,5-6,9H2,1H3,(H,20,25)(H,23,24). The van der Waals surface area contributed by atoms with Crippen LogP contribution in [0.4, 0.5) is 0 Å². The smallest absolute Gasteiger partial charge is 0.305 e. The average Bonchev–Trinajstić information content (AvgIpc) is 2.86. The van der Waals surface area contributed by atoms with Crippen molar-refractivity contribution in [1.29, 1.82) is 0 Å². The van der Waals surface area contributed by atoms with Crippen molar-refractivity contribution in [1.82, 2.24) is 15.1 Å². The van der Waals surface area contributed by atoms with Gasteiger partial charge in [-0.2, -0.15) is 5.10 Å². The molecule has 2 aromatic rings. The molecule has 1 saturated carbocycles. The van der Waals surface area contributed by atoms with Crippen LogP contribution < -0.4 is 5.32 Å². The van der Waals surface area contributed by atoms with E-state index in [0.29, 0.717) is 28.6 Å². The Hall–Kier alpha value is -2.05. The molecule has 0 spiro atoms. The second kappa shape index (κ2) is 6.69. The van der Waals surface area contributed by atoms with Crippen LogP contribution in [-0.4, -0.2) is 32.3 Å². The molecule has 1 heterocycles. The minimum atomic E-state index is -0.922. The van der Waals surface area contributed by atoms with E-state index in [1.54, 1.807) is 28.9 Å². The minimum Gasteiger partial charge on any atom is -0.481 e. The first-order chi connectivity index (χ1) is 11.8. The molecule has 25 heavy (non-hydrogen) atoms. The van der Waals surface area contributed by atoms with E-state index in [-0.39, 0.29) is 18.0 Å². The highest BCUT2D eigenvalue weighted by molar-refractivity contribution is 6.35. The van der Waals surface area contributed by atoms with Crippen molar-refractivity contribution in [2.24, 2.45) is 0 Å². The predicted molar refractivity (Wildman–Crippen MR) is 94.6 cm³/mol. The molecule has 0 unspecified atom stereocenters. The second-order valence-corrected chi connectivity index (χ2v) is 7.18. The topological polar surface area (TPSA) is 84.2 Å². The van der Waals surface area contributed by atoms with E-state index in [2.05, 4.69) is 10.4 Å². The third-order valence-corrected chi connectivity index (χ3v) is 4.97. The summed E-state index contributed by atoms with van der Waals surface area (Å²) in [6, 6.07) is 6.67. The van der Waals surface area contributed by atoms with Gasteiger partial charge in [0.2, 0.25) is 0 Å². The number of aryl methyl sites for hydroxylation is 1. The number of aromatic nitrogens is 2. The number of nitrogens with one attached hydrogen (secondary N) is 1. The van der Waals surface area contributed by atoms with Crippen molar-refractivity contribution in [3.63, 3.8) is 0 Å². The van der Waals surface area contributed by atoms with Crippen molar-refractivity contribution in [2.75, 3.05) is 0 Å². The van der Waals surface area contributed by atoms with E-state index < -0.39 is 11.5 Å². The maximum absolute atomic E-state index is 12.5. The van der Waals surface area contributed by atoms with E-state index in [1.807, 2.05) is 6.92 Å². The van der Waals surface area contributed by atoms with E-state index >= 15 is 0 Å². The van der Waals surface area contributed by atoms with Crippen molar-refractivity contribution in [2.45, 2.75) is 38.1 Å². The largest absolute Gasteiger partial charge is 0.481 e. The second-order valence-electron chi connectivity index (χ2n) is 6.34. The Balaban J connectivity index is 1.84. The SMILES string of the molecule is Cc1cc(C(=O)NC2(CC(=O)O)CCC2)nn1-c1ccc(Cl)cc1Cl. The number of amides is 1. The summed E-state index contributed by atoms with van der Waals surface area (Å²) < 4.78 is 1.57. The maximum Gasteiger partial charge on any atom is 0.305 e. The Kier molecular flexibility index (Phi) is 4.75. The highest BCUT2D eigenvalue weighted by Crippen LogP contribution is 2.35. The first-order valence-corrected chi connectivity index (χ1v) is 8.62. The summed E-state index contributed by atoms with van der Waals surface area (Å²) in [5.41, 5.74) is 0.903. The Bertz CT molecular complexity index is 844. The van der Waals surface area contributed by atoms with Crippen LogP contribution in [0.1, 0.15) is 41.9 Å². The quantitative estimate of drug-likeness (QED) is 0.828. The highest BCUT2D eigenvalue weighted by Gasteiger charge is 2.40. The molecule has 2 N–H and O–H groups in total. The van der Waals surface area contributed by atoms with Gasteiger partial charge in [-0.05, 0) is 50.5 Å². The van der Waals surface area contributed by atoms with Crippen LogP contribution in [0, 0.1) is 6.92 Å². The predicted octanol–water partition coefficient (Wildman–Crippen LogP) is 3.61. The van der Waals surface area contributed by atoms with Gasteiger partial charge in [0.05, 0.1) is 22.7 Å². The zero-order chi connectivity index (χ0) is 18.2. The van der Waals surface area contributed by atoms with Crippen LogP contribution in [0.3, 0.4) is 0 Å². The zero-order valence-corrected chi connectivity index (χ0v) is 15.1. The fourth-order valence-corrected chi connectivity index (χ4v) is 3.51. The molecule has 3 rings (SSSR count). The van der Waals surface area contributed by atoms with Crippen LogP contribution in [0.15, 0.2) is 24.3 Å². The molecular formula is C17H17Cl2N3O3. The fraction of sp³-hybridized carbons (Fsp3) is 0.353. The molecule has 132 valence electrons. The highest BCUT2D eigenvalue weighted by atomic mass is 35.5. The van der Waals surface area contributed by atoms with Gasteiger partial charge in [0.15, 0.2) is 5.69 Å². The number of nitrogens with zero attached hydrogens (tertiary/aromatic N) is 2. The summed E-state index contributed by atoms with van der Waals surface area (Å²) in [7, 11) is 0. The lowest BCUT2D eigenvalue weighted by atomic mass is 9.74. The number of carbonyl (C=O) groups is 2. The molecular weight excluding hydrogens is 365 g/mol. The summed E-state index contributed by atoms with van der Waals surface area (Å²) in [6.07, 6.45) is 2.14. The van der Waals surface area contributed by atoms with Crippen LogP contribution >= 0.6 is 23.2 Å². The number of carboxylic acid groups (broad SMARTS) is 1. The van der Waals surface area contributed by atoms with Gasteiger partial charge in [0.25, 0.3) is 5.91 Å². The number of carbonyl (C=O) groups excluding carboxylic acids is 1. The van der Waals surface area contributed by atoms with Crippen molar-refractivity contribution < 1.29 is 14.7 Å². The zero-order valence-electron chi connectivity index (χ0n) is 13.6. The maximum atomic E-state index is 12.5. The van der Waals surface area contributed by atoms with Crippen LogP contribution in [-0.2, 0) is 4.79 Å². The molecule has 1 amide bonds. The Morgan fingerprint density at radius 3 is 2.60 bits per heavy atom. The normalized spacial score (nSPS) is 15.5. The van der Waals surface area contributed by atoms with Crippen LogP contribution in [0.25, 0.3) is 5.69 Å². The summed E-state index contributed by atoms with van der Waals surface area (Å²) in [5, 5.41) is 17.2. The monoisotopic (exact) mass is 381 g/mol. The lowest BCUT2D eigenvalue weighted by molar-refractivity contribution is -0.139. The molecule has 1 aliphatic carbocycles. The molecule has 1 aliphatic rings. The van der Waals surface area contributed by atoms with Gasteiger partial charge in [0.1, 0.15) is 0 Å². The van der Waals surface area contributed by atoms with Gasteiger partial charge >= 0.3 is 5.97 Å². The summed E-state index contributed by atoms with van der Waals surface area (Å²) in [6.45, 7) is 1.81. The van der Waals surface area contributed by atoms with E-state index in [1.165, 1.54) is 0 Å². The van der Waals surface area contributed by atoms with Gasteiger partial charge < -0.3 is 10.4 Å². The van der Waals surface area contributed by atoms with E-state index in [4.69, 9.17) is 28.3 Å². The first-order valence-electron chi connectivity index (χ1n) is 7.86. The van der Waals surface area contributed by atoms with Gasteiger partial charge in [-0.3, -0.25) is 9.59 Å². The minimum absolute atomic E-state index is 0.0819. The number of aliphatic carboxylic acids is 1. The van der Waals surface area contributed by atoms with Crippen molar-refractivity contribution in [3.05, 3.63) is 45.7 Å². The van der Waals surface area contributed by atoms with Crippen molar-refractivity contribution in [3.8, 4) is 5.69 Å². The molecule has 8 heteroatoms. The Labute approximate surface area is 154 Å². The molecule has 0 aliphatic heterocycles. The molecule has 6 nitrogen and oxygen atoms in total. The lowest BCUT2D eigenvalue weighted by Crippen LogP contribution is -2.54. The Morgan fingerprint density at radius 2 is 2.04 bits per heavy atom. The third kappa shape index (κ3) is 3.65. The van der Waals surface area contributed by atoms with Crippen molar-refractivity contribution >= 4 is 35.1 Å². The van der Waals surface area contributed by atoms with E-state index in [9.17, 15) is 9.59 Å². The number of hydrogen-bond donors (Lipinski definition) is 2. The summed E-state index contributed by atoms with van der Waals surface area (Å²) in [5.74, 6) is -1.30. The number of hydrogen-bond acceptors (Lipinski definition) is 3. The fourth-order valence-electron chi connectivity index (χ4n) is 3.03. The molecule has 1 aromatic carbocycles. The van der Waals surface area contributed by atoms with Gasteiger partial charge in [-0.15, -0.1) is 0 Å². The van der Waals surface area contributed by atoms with Gasteiger partial charge in [-0.1, -0.05) is 23.2 Å². The lowest BCUT2D eigenvalue weighted by Gasteiger charge is -2.41. The van der Waals surface area contributed by atoms with Crippen LogP contribution in [0.2, 0.25) is 10.0 Å². The van der Waals surface area contributed by atoms with Gasteiger partial charge in [0, 0.05) is 10.7 Å². The molecule has 0 saturated heterocycles.